The van der Waals surface area contributed by atoms with Crippen LogP contribution >= 0.6 is 0 Å². The third-order valence-corrected chi connectivity index (χ3v) is 3.78. The summed E-state index contributed by atoms with van der Waals surface area (Å²) in [4.78, 5) is 2.15. The van der Waals surface area contributed by atoms with Crippen molar-refractivity contribution in [3.8, 4) is 0 Å². The Kier molecular flexibility index (Phi) is 3.60. The second-order valence-electron chi connectivity index (χ2n) is 5.65. The predicted octanol–water partition coefficient (Wildman–Crippen LogP) is 3.66. The topological polar surface area (TPSA) is 15.3 Å². The van der Waals surface area contributed by atoms with Gasteiger partial charge in [-0.1, -0.05) is 6.92 Å². The van der Waals surface area contributed by atoms with Crippen LogP contribution in [0, 0.1) is 12.8 Å². The number of anilines is 2. The molecule has 1 N–H and O–H groups in total. The van der Waals surface area contributed by atoms with Crippen LogP contribution in [0.1, 0.15) is 31.7 Å². The van der Waals surface area contributed by atoms with Gasteiger partial charge in [0, 0.05) is 31.5 Å². The van der Waals surface area contributed by atoms with Crippen molar-refractivity contribution in [1.29, 1.82) is 0 Å². The first-order valence-electron chi connectivity index (χ1n) is 6.61. The van der Waals surface area contributed by atoms with Gasteiger partial charge in [-0.05, 0) is 55.9 Å². The van der Waals surface area contributed by atoms with Gasteiger partial charge in [-0.2, -0.15) is 0 Å². The normalized spacial score (nSPS) is 23.8. The summed E-state index contributed by atoms with van der Waals surface area (Å²) in [7, 11) is 4.17. The molecule has 2 unspecified atom stereocenters. The van der Waals surface area contributed by atoms with E-state index >= 15 is 0 Å². The van der Waals surface area contributed by atoms with Gasteiger partial charge >= 0.3 is 0 Å². The molecule has 2 atom stereocenters. The molecule has 1 fully saturated rings. The Morgan fingerprint density at radius 3 is 2.53 bits per heavy atom. The molecular formula is C15H24N2. The Morgan fingerprint density at radius 1 is 1.24 bits per heavy atom. The molecule has 0 spiro atoms. The van der Waals surface area contributed by atoms with Crippen LogP contribution < -0.4 is 10.2 Å². The third kappa shape index (κ3) is 2.93. The van der Waals surface area contributed by atoms with Gasteiger partial charge in [0.1, 0.15) is 0 Å². The number of rotatable bonds is 3. The Hall–Kier alpha value is -1.18. The minimum atomic E-state index is 0.675. The van der Waals surface area contributed by atoms with Crippen molar-refractivity contribution in [3.05, 3.63) is 23.8 Å². The molecule has 0 amide bonds. The van der Waals surface area contributed by atoms with E-state index in [1.165, 1.54) is 36.2 Å². The van der Waals surface area contributed by atoms with Crippen LogP contribution in [-0.4, -0.2) is 20.1 Å². The lowest BCUT2D eigenvalue weighted by atomic mass is 10.1. The van der Waals surface area contributed by atoms with Crippen LogP contribution in [0.15, 0.2) is 18.2 Å². The molecule has 0 aromatic heterocycles. The minimum Gasteiger partial charge on any atom is -0.382 e. The summed E-state index contributed by atoms with van der Waals surface area (Å²) in [5, 5.41) is 3.69. The van der Waals surface area contributed by atoms with Crippen LogP contribution in [0.25, 0.3) is 0 Å². The largest absolute Gasteiger partial charge is 0.382 e. The predicted molar refractivity (Wildman–Crippen MR) is 75.9 cm³/mol. The summed E-state index contributed by atoms with van der Waals surface area (Å²) in [6.07, 6.45) is 4.00. The van der Waals surface area contributed by atoms with Gasteiger partial charge in [0.2, 0.25) is 0 Å². The zero-order chi connectivity index (χ0) is 12.4. The van der Waals surface area contributed by atoms with Crippen LogP contribution in [0.2, 0.25) is 0 Å². The molecule has 0 radical (unpaired) electrons. The van der Waals surface area contributed by atoms with Gasteiger partial charge < -0.3 is 10.2 Å². The van der Waals surface area contributed by atoms with Crippen molar-refractivity contribution in [1.82, 2.24) is 0 Å². The molecule has 1 aromatic rings. The number of benzene rings is 1. The first-order valence-corrected chi connectivity index (χ1v) is 6.61. The van der Waals surface area contributed by atoms with Crippen molar-refractivity contribution >= 4 is 11.4 Å². The van der Waals surface area contributed by atoms with Gasteiger partial charge in [0.05, 0.1) is 0 Å². The van der Waals surface area contributed by atoms with Crippen molar-refractivity contribution in [3.63, 3.8) is 0 Å². The third-order valence-electron chi connectivity index (χ3n) is 3.78. The number of nitrogens with zero attached hydrogens (tertiary/aromatic N) is 1. The van der Waals surface area contributed by atoms with Crippen molar-refractivity contribution in [2.24, 2.45) is 5.92 Å². The zero-order valence-electron chi connectivity index (χ0n) is 11.5. The lowest BCUT2D eigenvalue weighted by Gasteiger charge is -2.19. The Bertz CT molecular complexity index is 385. The van der Waals surface area contributed by atoms with E-state index in [0.29, 0.717) is 6.04 Å². The van der Waals surface area contributed by atoms with E-state index in [-0.39, 0.29) is 0 Å². The summed E-state index contributed by atoms with van der Waals surface area (Å²) >= 11 is 0. The van der Waals surface area contributed by atoms with E-state index in [1.807, 2.05) is 0 Å². The Morgan fingerprint density at radius 2 is 2.00 bits per heavy atom. The molecule has 2 nitrogen and oxygen atoms in total. The molecule has 0 saturated heterocycles. The maximum Gasteiger partial charge on any atom is 0.0373 e. The Labute approximate surface area is 105 Å². The number of hydrogen-bond donors (Lipinski definition) is 1. The SMILES string of the molecule is Cc1cc(N(C)C)ccc1NC1CCC(C)C1. The molecule has 1 aliphatic rings. The molecule has 0 aliphatic heterocycles. The standard InChI is InChI=1S/C15H24N2/c1-11-5-6-13(9-11)16-15-8-7-14(17(3)4)10-12(15)2/h7-8,10-11,13,16H,5-6,9H2,1-4H3. The second kappa shape index (κ2) is 4.99. The number of hydrogen-bond acceptors (Lipinski definition) is 2. The lowest BCUT2D eigenvalue weighted by Crippen LogP contribution is -2.16. The highest BCUT2D eigenvalue weighted by molar-refractivity contribution is 5.60. The summed E-state index contributed by atoms with van der Waals surface area (Å²) in [6.45, 7) is 4.54. The monoisotopic (exact) mass is 232 g/mol. The molecule has 0 heterocycles. The van der Waals surface area contributed by atoms with Crippen molar-refractivity contribution in [2.45, 2.75) is 39.2 Å². The lowest BCUT2D eigenvalue weighted by molar-refractivity contribution is 0.602. The van der Waals surface area contributed by atoms with E-state index in [2.05, 4.69) is 56.4 Å². The first-order chi connectivity index (χ1) is 8.06. The molecule has 2 heteroatoms. The van der Waals surface area contributed by atoms with Crippen LogP contribution in [0.4, 0.5) is 11.4 Å². The second-order valence-corrected chi connectivity index (χ2v) is 5.65. The smallest absolute Gasteiger partial charge is 0.0373 e. The minimum absolute atomic E-state index is 0.675. The summed E-state index contributed by atoms with van der Waals surface area (Å²) in [5.41, 5.74) is 3.92. The molecule has 1 aliphatic carbocycles. The molecule has 1 saturated carbocycles. The number of nitrogens with one attached hydrogen (secondary N) is 1. The van der Waals surface area contributed by atoms with E-state index in [4.69, 9.17) is 0 Å². The average Bonchev–Trinajstić information content (AvgIpc) is 2.67. The molecule has 0 bridgehead atoms. The molecule has 1 aromatic carbocycles. The van der Waals surface area contributed by atoms with Crippen molar-refractivity contribution < 1.29 is 0 Å². The van der Waals surface area contributed by atoms with Gasteiger partial charge in [0.15, 0.2) is 0 Å². The highest BCUT2D eigenvalue weighted by Crippen LogP contribution is 2.29. The summed E-state index contributed by atoms with van der Waals surface area (Å²) < 4.78 is 0. The summed E-state index contributed by atoms with van der Waals surface area (Å²) in [5.74, 6) is 0.883. The fourth-order valence-corrected chi connectivity index (χ4v) is 2.65. The molecule has 17 heavy (non-hydrogen) atoms. The van der Waals surface area contributed by atoms with E-state index in [0.717, 1.165) is 5.92 Å². The van der Waals surface area contributed by atoms with Crippen LogP contribution in [0.3, 0.4) is 0 Å². The quantitative estimate of drug-likeness (QED) is 0.855. The van der Waals surface area contributed by atoms with E-state index in [9.17, 15) is 0 Å². The Balaban J connectivity index is 2.06. The number of aryl methyl sites for hydroxylation is 1. The molecule has 94 valence electrons. The van der Waals surface area contributed by atoms with Crippen LogP contribution in [0.5, 0.6) is 0 Å². The zero-order valence-corrected chi connectivity index (χ0v) is 11.5. The molecular weight excluding hydrogens is 208 g/mol. The van der Waals surface area contributed by atoms with E-state index < -0.39 is 0 Å². The average molecular weight is 232 g/mol. The maximum absolute atomic E-state index is 3.69. The molecule has 2 rings (SSSR count). The highest BCUT2D eigenvalue weighted by Gasteiger charge is 2.21. The van der Waals surface area contributed by atoms with E-state index in [1.54, 1.807) is 0 Å². The van der Waals surface area contributed by atoms with Gasteiger partial charge in [-0.15, -0.1) is 0 Å². The van der Waals surface area contributed by atoms with Gasteiger partial charge in [0.25, 0.3) is 0 Å². The highest BCUT2D eigenvalue weighted by atomic mass is 15.1. The summed E-state index contributed by atoms with van der Waals surface area (Å²) in [6, 6.07) is 7.33. The fraction of sp³-hybridized carbons (Fsp3) is 0.600. The van der Waals surface area contributed by atoms with Gasteiger partial charge in [-0.3, -0.25) is 0 Å². The first kappa shape index (κ1) is 12.3. The van der Waals surface area contributed by atoms with Crippen LogP contribution in [-0.2, 0) is 0 Å². The van der Waals surface area contributed by atoms with Gasteiger partial charge in [-0.25, -0.2) is 0 Å². The fourth-order valence-electron chi connectivity index (χ4n) is 2.65. The van der Waals surface area contributed by atoms with Crippen molar-refractivity contribution in [2.75, 3.05) is 24.3 Å². The maximum atomic E-state index is 3.69.